The van der Waals surface area contributed by atoms with Gasteiger partial charge in [0.05, 0.1) is 17.4 Å². The van der Waals surface area contributed by atoms with Crippen LogP contribution in [-0.4, -0.2) is 33.9 Å². The second-order valence-corrected chi connectivity index (χ2v) is 14.0. The molecule has 0 aromatic heterocycles. The molecule has 6 heteroatoms. The van der Waals surface area contributed by atoms with Gasteiger partial charge >= 0.3 is 0 Å². The molecule has 1 amide bonds. The van der Waals surface area contributed by atoms with Crippen LogP contribution in [0.2, 0.25) is 19.6 Å². The number of nitrogens with one attached hydrogen (secondary N) is 1. The lowest BCUT2D eigenvalue weighted by atomic mass is 10.1. The van der Waals surface area contributed by atoms with E-state index in [1.807, 2.05) is 24.3 Å². The molecule has 124 valence electrons. The number of carbonyl (C=O) groups excluding carboxylic acids is 1. The van der Waals surface area contributed by atoms with E-state index in [4.69, 9.17) is 0 Å². The second kappa shape index (κ2) is 6.89. The molecule has 1 aromatic rings. The highest BCUT2D eigenvalue weighted by Gasteiger charge is 2.32. The third-order valence-corrected chi connectivity index (χ3v) is 6.25. The van der Waals surface area contributed by atoms with Crippen LogP contribution in [0.3, 0.4) is 0 Å². The molecule has 1 fully saturated rings. The average molecular weight is 350 g/mol. The maximum absolute atomic E-state index is 12.0. The van der Waals surface area contributed by atoms with Crippen molar-refractivity contribution < 1.29 is 13.2 Å². The van der Waals surface area contributed by atoms with Crippen LogP contribution in [0, 0.1) is 17.4 Å². The fourth-order valence-corrected chi connectivity index (χ4v) is 4.56. The number of hydrogen-bond acceptors (Lipinski definition) is 3. The van der Waals surface area contributed by atoms with Gasteiger partial charge < -0.3 is 5.32 Å². The molecule has 1 unspecified atom stereocenters. The van der Waals surface area contributed by atoms with Gasteiger partial charge in [-0.3, -0.25) is 4.79 Å². The zero-order valence-corrected chi connectivity index (χ0v) is 15.7. The molecule has 0 saturated carbocycles. The molecule has 2 rings (SSSR count). The molecule has 1 aliphatic heterocycles. The Labute approximate surface area is 139 Å². The van der Waals surface area contributed by atoms with Crippen molar-refractivity contribution in [1.29, 1.82) is 0 Å². The second-order valence-electron chi connectivity index (χ2n) is 7.01. The van der Waals surface area contributed by atoms with Crippen molar-refractivity contribution >= 4 is 23.8 Å². The summed E-state index contributed by atoms with van der Waals surface area (Å²) in [5.41, 5.74) is 5.28. The van der Waals surface area contributed by atoms with Crippen LogP contribution in [0.25, 0.3) is 0 Å². The fourth-order valence-electron chi connectivity index (χ4n) is 2.30. The first kappa shape index (κ1) is 17.8. The molecular weight excluding hydrogens is 326 g/mol. The van der Waals surface area contributed by atoms with E-state index in [-0.39, 0.29) is 17.4 Å². The summed E-state index contributed by atoms with van der Waals surface area (Å²) in [6.07, 6.45) is 0.430. The van der Waals surface area contributed by atoms with E-state index in [1.165, 1.54) is 0 Å². The first-order valence-corrected chi connectivity index (χ1v) is 13.1. The van der Waals surface area contributed by atoms with E-state index in [1.54, 1.807) is 0 Å². The lowest BCUT2D eigenvalue weighted by Crippen LogP contribution is -2.30. The minimum Gasteiger partial charge on any atom is -0.352 e. The van der Waals surface area contributed by atoms with Crippen LogP contribution in [0.5, 0.6) is 0 Å². The zero-order chi connectivity index (χ0) is 17.1. The zero-order valence-electron chi connectivity index (χ0n) is 13.8. The Morgan fingerprint density at radius 3 is 2.43 bits per heavy atom. The van der Waals surface area contributed by atoms with E-state index in [2.05, 4.69) is 36.4 Å². The molecule has 0 radical (unpaired) electrons. The van der Waals surface area contributed by atoms with Crippen molar-refractivity contribution in [2.24, 2.45) is 5.92 Å². The summed E-state index contributed by atoms with van der Waals surface area (Å²) < 4.78 is 22.8. The van der Waals surface area contributed by atoms with Crippen molar-refractivity contribution in [1.82, 2.24) is 5.32 Å². The van der Waals surface area contributed by atoms with Crippen LogP contribution in [0.4, 0.5) is 0 Å². The molecule has 23 heavy (non-hydrogen) atoms. The van der Waals surface area contributed by atoms with Gasteiger partial charge in [-0.25, -0.2) is 8.42 Å². The maximum Gasteiger partial charge on any atom is 0.224 e. The van der Waals surface area contributed by atoms with Crippen LogP contribution < -0.4 is 5.32 Å². The molecule has 1 N–H and O–H groups in total. The van der Waals surface area contributed by atoms with E-state index >= 15 is 0 Å². The van der Waals surface area contributed by atoms with E-state index in [0.29, 0.717) is 13.0 Å². The third kappa shape index (κ3) is 5.85. The van der Waals surface area contributed by atoms with Crippen LogP contribution >= 0.6 is 0 Å². The van der Waals surface area contributed by atoms with Gasteiger partial charge in [0.2, 0.25) is 5.91 Å². The van der Waals surface area contributed by atoms with Gasteiger partial charge in [0.25, 0.3) is 0 Å². The highest BCUT2D eigenvalue weighted by Crippen LogP contribution is 2.18. The van der Waals surface area contributed by atoms with Gasteiger partial charge in [-0.1, -0.05) is 37.7 Å². The molecule has 1 saturated heterocycles. The van der Waals surface area contributed by atoms with Gasteiger partial charge in [-0.2, -0.15) is 0 Å². The summed E-state index contributed by atoms with van der Waals surface area (Å²) >= 11 is 0. The molecule has 1 heterocycles. The minimum absolute atomic E-state index is 0.0238. The topological polar surface area (TPSA) is 63.2 Å². The van der Waals surface area contributed by atoms with Crippen molar-refractivity contribution in [2.45, 2.75) is 32.6 Å². The SMILES string of the molecule is C[Si](C)(C)C#Cc1ccc(CNC(=O)C2CCS(=O)(=O)C2)cc1. The van der Waals surface area contributed by atoms with Gasteiger partial charge in [0.15, 0.2) is 9.84 Å². The largest absolute Gasteiger partial charge is 0.352 e. The summed E-state index contributed by atoms with van der Waals surface area (Å²) in [4.78, 5) is 12.0. The number of hydrogen-bond donors (Lipinski definition) is 1. The van der Waals surface area contributed by atoms with Crippen molar-refractivity contribution in [3.63, 3.8) is 0 Å². The summed E-state index contributed by atoms with van der Waals surface area (Å²) in [6, 6.07) is 7.79. The molecule has 4 nitrogen and oxygen atoms in total. The normalized spacial score (nSPS) is 19.7. The summed E-state index contributed by atoms with van der Waals surface area (Å²) in [5, 5.41) is 2.82. The predicted molar refractivity (Wildman–Crippen MR) is 95.3 cm³/mol. The quantitative estimate of drug-likeness (QED) is 0.670. The lowest BCUT2D eigenvalue weighted by Gasteiger charge is -2.09. The Kier molecular flexibility index (Phi) is 5.32. The number of benzene rings is 1. The van der Waals surface area contributed by atoms with Crippen molar-refractivity contribution in [3.8, 4) is 11.5 Å². The molecule has 1 aliphatic rings. The number of carbonyl (C=O) groups is 1. The monoisotopic (exact) mass is 349 g/mol. The Balaban J connectivity index is 1.89. The fraction of sp³-hybridized carbons (Fsp3) is 0.471. The summed E-state index contributed by atoms with van der Waals surface area (Å²) in [7, 11) is -4.40. The molecule has 0 spiro atoms. The highest BCUT2D eigenvalue weighted by atomic mass is 32.2. The molecule has 0 aliphatic carbocycles. The lowest BCUT2D eigenvalue weighted by molar-refractivity contribution is -0.124. The summed E-state index contributed by atoms with van der Waals surface area (Å²) in [5.74, 6) is 2.71. The Morgan fingerprint density at radius 2 is 1.91 bits per heavy atom. The Bertz CT molecular complexity index is 737. The number of rotatable bonds is 3. The number of sulfone groups is 1. The highest BCUT2D eigenvalue weighted by molar-refractivity contribution is 7.91. The number of amides is 1. The van der Waals surface area contributed by atoms with E-state index in [9.17, 15) is 13.2 Å². The van der Waals surface area contributed by atoms with Gasteiger partial charge in [-0.15, -0.1) is 5.54 Å². The van der Waals surface area contributed by atoms with Crippen LogP contribution in [-0.2, 0) is 21.2 Å². The third-order valence-electron chi connectivity index (χ3n) is 3.61. The van der Waals surface area contributed by atoms with Gasteiger partial charge in [0, 0.05) is 12.1 Å². The first-order valence-electron chi connectivity index (χ1n) is 7.75. The smallest absolute Gasteiger partial charge is 0.224 e. The maximum atomic E-state index is 12.0. The predicted octanol–water partition coefficient (Wildman–Crippen LogP) is 1.97. The van der Waals surface area contributed by atoms with Crippen molar-refractivity contribution in [3.05, 3.63) is 35.4 Å². The first-order chi connectivity index (χ1) is 10.6. The van der Waals surface area contributed by atoms with Crippen molar-refractivity contribution in [2.75, 3.05) is 11.5 Å². The van der Waals surface area contributed by atoms with Gasteiger partial charge in [-0.05, 0) is 24.1 Å². The van der Waals surface area contributed by atoms with Crippen LogP contribution in [0.1, 0.15) is 17.5 Å². The molecule has 0 bridgehead atoms. The Morgan fingerprint density at radius 1 is 1.26 bits per heavy atom. The molecule has 1 aromatic carbocycles. The minimum atomic E-state index is -3.02. The van der Waals surface area contributed by atoms with E-state index in [0.717, 1.165) is 11.1 Å². The Hall–Kier alpha value is -1.58. The molecule has 1 atom stereocenters. The summed E-state index contributed by atoms with van der Waals surface area (Å²) in [6.45, 7) is 7.02. The van der Waals surface area contributed by atoms with Gasteiger partial charge in [0.1, 0.15) is 8.07 Å². The van der Waals surface area contributed by atoms with E-state index < -0.39 is 23.8 Å². The standard InChI is InChI=1S/C17H23NO3SSi/c1-23(2,3)11-9-14-4-6-15(7-5-14)12-18-17(19)16-8-10-22(20,21)13-16/h4-7,16H,8,10,12-13H2,1-3H3,(H,18,19). The average Bonchev–Trinajstić information content (AvgIpc) is 2.83. The molecular formula is C17H23NO3SSi. The van der Waals surface area contributed by atoms with Crippen LogP contribution in [0.15, 0.2) is 24.3 Å².